The van der Waals surface area contributed by atoms with E-state index in [0.717, 1.165) is 5.56 Å². The number of hydrogen-bond acceptors (Lipinski definition) is 4. The first-order valence-electron chi connectivity index (χ1n) is 6.01. The lowest BCUT2D eigenvalue weighted by atomic mass is 10.1. The van der Waals surface area contributed by atoms with Crippen molar-refractivity contribution in [2.75, 3.05) is 0 Å². The number of aryl methyl sites for hydroxylation is 1. The molecule has 0 amide bonds. The second-order valence-electron chi connectivity index (χ2n) is 4.36. The highest BCUT2D eigenvalue weighted by Gasteiger charge is 2.16. The monoisotopic (exact) mass is 271 g/mol. The van der Waals surface area contributed by atoms with Gasteiger partial charge in [-0.05, 0) is 43.7 Å². The summed E-state index contributed by atoms with van der Waals surface area (Å²) in [7, 11) is 0. The van der Waals surface area contributed by atoms with Crippen LogP contribution in [0.5, 0.6) is 5.75 Å². The molecule has 0 saturated carbocycles. The minimum Gasteiger partial charge on any atom is -0.482 e. The molecule has 0 aliphatic rings. The second-order valence-corrected chi connectivity index (χ2v) is 4.36. The van der Waals surface area contributed by atoms with Crippen molar-refractivity contribution >= 4 is 5.97 Å². The van der Waals surface area contributed by atoms with Crippen LogP contribution in [0.15, 0.2) is 34.7 Å². The number of carboxylic acid groups (broad SMARTS) is 1. The van der Waals surface area contributed by atoms with Crippen LogP contribution in [0.4, 0.5) is 0 Å². The fourth-order valence-corrected chi connectivity index (χ4v) is 1.73. The van der Waals surface area contributed by atoms with Crippen LogP contribution in [-0.2, 0) is 0 Å². The molecule has 5 nitrogen and oxygen atoms in total. The standard InChI is InChI=1S/C15H13NO4/c1-9-3-4-11(8-16)7-14(9)19-10(2)12-5-6-13(20-12)15(17)18/h3-7,10H,1-2H3,(H,17,18). The maximum atomic E-state index is 10.8. The summed E-state index contributed by atoms with van der Waals surface area (Å²) in [5, 5.41) is 17.7. The molecule has 0 bridgehead atoms. The minimum atomic E-state index is -1.12. The molecule has 1 aromatic heterocycles. The van der Waals surface area contributed by atoms with Crippen molar-refractivity contribution in [3.8, 4) is 11.8 Å². The zero-order valence-corrected chi connectivity index (χ0v) is 11.1. The molecule has 5 heteroatoms. The van der Waals surface area contributed by atoms with Crippen LogP contribution >= 0.6 is 0 Å². The summed E-state index contributed by atoms with van der Waals surface area (Å²) in [6, 6.07) is 10.2. The molecule has 0 spiro atoms. The molecule has 0 aliphatic carbocycles. The Labute approximate surface area is 116 Å². The van der Waals surface area contributed by atoms with E-state index in [0.29, 0.717) is 17.1 Å². The van der Waals surface area contributed by atoms with Crippen LogP contribution in [0.25, 0.3) is 0 Å². The van der Waals surface area contributed by atoms with Crippen molar-refractivity contribution in [3.63, 3.8) is 0 Å². The van der Waals surface area contributed by atoms with E-state index in [1.54, 1.807) is 31.2 Å². The smallest absolute Gasteiger partial charge is 0.371 e. The highest BCUT2D eigenvalue weighted by atomic mass is 16.5. The van der Waals surface area contributed by atoms with E-state index in [1.165, 1.54) is 6.07 Å². The third-order valence-corrected chi connectivity index (χ3v) is 2.86. The van der Waals surface area contributed by atoms with Crippen molar-refractivity contribution in [1.29, 1.82) is 5.26 Å². The predicted molar refractivity (Wildman–Crippen MR) is 70.6 cm³/mol. The first-order chi connectivity index (χ1) is 9.51. The van der Waals surface area contributed by atoms with E-state index < -0.39 is 12.1 Å². The Balaban J connectivity index is 2.20. The maximum Gasteiger partial charge on any atom is 0.371 e. The molecule has 0 radical (unpaired) electrons. The number of aromatic carboxylic acids is 1. The van der Waals surface area contributed by atoms with Crippen LogP contribution in [0.3, 0.4) is 0 Å². The molecule has 102 valence electrons. The fraction of sp³-hybridized carbons (Fsp3) is 0.200. The number of nitrogens with zero attached hydrogens (tertiary/aromatic N) is 1. The van der Waals surface area contributed by atoms with Gasteiger partial charge in [-0.15, -0.1) is 0 Å². The normalized spacial score (nSPS) is 11.7. The third kappa shape index (κ3) is 2.81. The Bertz CT molecular complexity index is 681. The van der Waals surface area contributed by atoms with E-state index in [-0.39, 0.29) is 5.76 Å². The number of hydrogen-bond donors (Lipinski definition) is 1. The first kappa shape index (κ1) is 13.7. The van der Waals surface area contributed by atoms with Gasteiger partial charge < -0.3 is 14.3 Å². The van der Waals surface area contributed by atoms with Gasteiger partial charge in [0.05, 0.1) is 11.6 Å². The quantitative estimate of drug-likeness (QED) is 0.922. The van der Waals surface area contributed by atoms with Gasteiger partial charge in [-0.25, -0.2) is 4.79 Å². The summed E-state index contributed by atoms with van der Waals surface area (Å²) in [6.07, 6.45) is -0.448. The molecule has 0 aliphatic heterocycles. The lowest BCUT2D eigenvalue weighted by Gasteiger charge is -2.14. The molecular formula is C15H13NO4. The van der Waals surface area contributed by atoms with Crippen molar-refractivity contribution in [2.24, 2.45) is 0 Å². The van der Waals surface area contributed by atoms with Crippen LogP contribution in [0, 0.1) is 18.3 Å². The zero-order valence-electron chi connectivity index (χ0n) is 11.1. The van der Waals surface area contributed by atoms with Crippen LogP contribution in [-0.4, -0.2) is 11.1 Å². The second kappa shape index (κ2) is 5.49. The van der Waals surface area contributed by atoms with Gasteiger partial charge in [-0.2, -0.15) is 5.26 Å². The summed E-state index contributed by atoms with van der Waals surface area (Å²) >= 11 is 0. The summed E-state index contributed by atoms with van der Waals surface area (Å²) in [5.41, 5.74) is 1.39. The number of furan rings is 1. The van der Waals surface area contributed by atoms with Gasteiger partial charge >= 0.3 is 5.97 Å². The fourth-order valence-electron chi connectivity index (χ4n) is 1.73. The van der Waals surface area contributed by atoms with Gasteiger partial charge in [0.1, 0.15) is 11.5 Å². The van der Waals surface area contributed by atoms with Crippen LogP contribution < -0.4 is 4.74 Å². The van der Waals surface area contributed by atoms with E-state index in [9.17, 15) is 4.79 Å². The summed E-state index contributed by atoms with van der Waals surface area (Å²) in [6.45, 7) is 3.62. The Kier molecular flexibility index (Phi) is 3.76. The van der Waals surface area contributed by atoms with Crippen molar-refractivity contribution < 1.29 is 19.1 Å². The van der Waals surface area contributed by atoms with Crippen molar-refractivity contribution in [3.05, 3.63) is 53.0 Å². The lowest BCUT2D eigenvalue weighted by molar-refractivity contribution is 0.0655. The topological polar surface area (TPSA) is 83.5 Å². The molecule has 1 N–H and O–H groups in total. The number of ether oxygens (including phenoxy) is 1. The highest BCUT2D eigenvalue weighted by molar-refractivity contribution is 5.84. The average Bonchev–Trinajstić information content (AvgIpc) is 2.91. The number of carboxylic acids is 1. The zero-order chi connectivity index (χ0) is 14.7. The van der Waals surface area contributed by atoms with Crippen LogP contribution in [0.2, 0.25) is 0 Å². The molecule has 1 aromatic carbocycles. The SMILES string of the molecule is Cc1ccc(C#N)cc1OC(C)c1ccc(C(=O)O)o1. The number of carbonyl (C=O) groups is 1. The molecule has 20 heavy (non-hydrogen) atoms. The van der Waals surface area contributed by atoms with Gasteiger partial charge in [-0.3, -0.25) is 0 Å². The van der Waals surface area contributed by atoms with Crippen molar-refractivity contribution in [2.45, 2.75) is 20.0 Å². The number of benzene rings is 1. The third-order valence-electron chi connectivity index (χ3n) is 2.86. The van der Waals surface area contributed by atoms with Crippen LogP contribution in [0.1, 0.15) is 40.5 Å². The Morgan fingerprint density at radius 1 is 1.40 bits per heavy atom. The maximum absolute atomic E-state index is 10.8. The molecule has 1 atom stereocenters. The molecular weight excluding hydrogens is 258 g/mol. The largest absolute Gasteiger partial charge is 0.482 e. The van der Waals surface area contributed by atoms with Gasteiger partial charge in [0.25, 0.3) is 0 Å². The number of nitriles is 1. The molecule has 1 unspecified atom stereocenters. The highest BCUT2D eigenvalue weighted by Crippen LogP contribution is 2.27. The Morgan fingerprint density at radius 2 is 2.15 bits per heavy atom. The summed E-state index contributed by atoms with van der Waals surface area (Å²) < 4.78 is 10.9. The van der Waals surface area contributed by atoms with E-state index in [1.807, 2.05) is 13.0 Å². The molecule has 1 heterocycles. The molecule has 0 saturated heterocycles. The molecule has 2 rings (SSSR count). The predicted octanol–water partition coefficient (Wildman–Crippen LogP) is 3.30. The lowest BCUT2D eigenvalue weighted by Crippen LogP contribution is -2.03. The van der Waals surface area contributed by atoms with Gasteiger partial charge in [-0.1, -0.05) is 6.07 Å². The number of rotatable bonds is 4. The first-order valence-corrected chi connectivity index (χ1v) is 6.01. The van der Waals surface area contributed by atoms with Gasteiger partial charge in [0.2, 0.25) is 5.76 Å². The molecule has 0 fully saturated rings. The van der Waals surface area contributed by atoms with Crippen molar-refractivity contribution in [1.82, 2.24) is 0 Å². The Hall–Kier alpha value is -2.74. The van der Waals surface area contributed by atoms with Gasteiger partial charge in [0, 0.05) is 0 Å². The Morgan fingerprint density at radius 3 is 2.75 bits per heavy atom. The van der Waals surface area contributed by atoms with E-state index in [2.05, 4.69) is 0 Å². The summed E-state index contributed by atoms with van der Waals surface area (Å²) in [4.78, 5) is 10.8. The van der Waals surface area contributed by atoms with E-state index >= 15 is 0 Å². The minimum absolute atomic E-state index is 0.127. The van der Waals surface area contributed by atoms with E-state index in [4.69, 9.17) is 19.5 Å². The van der Waals surface area contributed by atoms with Gasteiger partial charge in [0.15, 0.2) is 6.10 Å². The summed E-state index contributed by atoms with van der Waals surface area (Å²) in [5.74, 6) is -0.252. The molecule has 2 aromatic rings. The average molecular weight is 271 g/mol.